The molecule has 14 nitrogen and oxygen atoms in total. The number of allylic oxidation sites excluding steroid dienone is 3. The smallest absolute Gasteiger partial charge is 0.329 e. The number of rotatable bonds is 9. The van der Waals surface area contributed by atoms with Gasteiger partial charge in [0.15, 0.2) is 0 Å². The van der Waals surface area contributed by atoms with E-state index in [1.807, 2.05) is 39.8 Å². The molecule has 344 valence electrons. The van der Waals surface area contributed by atoms with Crippen molar-refractivity contribution in [3.05, 3.63) is 36.0 Å². The number of hydrogen-bond acceptors (Lipinski definition) is 12. The molecule has 4 rings (SSSR count). The molecule has 14 unspecified atom stereocenters. The molecule has 61 heavy (non-hydrogen) atoms. The number of fused-ring (bicyclic) bond motifs is 3. The fraction of sp³-hybridized carbons (Fsp3) is 0.766. The van der Waals surface area contributed by atoms with Crippen LogP contribution in [0.5, 0.6) is 0 Å². The number of nitrogens with zero attached hydrogens (tertiary/aromatic N) is 1. The average molecular weight is 859 g/mol. The molecule has 0 aromatic heterocycles. The number of Topliss-reactive ketones (excluding diaryl/α,β-unsaturated/α-hetero) is 2. The highest BCUT2D eigenvalue weighted by Crippen LogP contribution is 2.39. The standard InChI is InChI=1S/C47H74N2O12/c1-11-19-59-39-25-33(16-17-35(39)48-32(8)50)23-29(5)42-31(7)37(51)26-38(52)34(12-2)21-27(3)20-28(4)22-40(57-9)43-41(58-10)24-30(6)47(56,61-43)44(53)45(54)49-18-14-13-15-36(49)46(55)60-42/h11,21,23,28,30-31,33-37,39-43,51,56H,1,12-20,22,24-26H2,2-10H3,(H,48,50)/b27-21+,29-23?. The number of carbonyl (C=O) groups excluding carboxylic acids is 5. The molecule has 3 N–H and O–H groups in total. The van der Waals surface area contributed by atoms with Gasteiger partial charge in [0.1, 0.15) is 24.0 Å². The van der Waals surface area contributed by atoms with E-state index in [1.165, 1.54) is 26.0 Å². The zero-order valence-electron chi connectivity index (χ0n) is 38.1. The zero-order chi connectivity index (χ0) is 45.2. The van der Waals surface area contributed by atoms with Gasteiger partial charge in [-0.2, -0.15) is 0 Å². The number of carbonyl (C=O) groups is 5. The Morgan fingerprint density at radius 3 is 2.33 bits per heavy atom. The summed E-state index contributed by atoms with van der Waals surface area (Å²) in [6, 6.07) is -1.33. The van der Waals surface area contributed by atoms with E-state index in [2.05, 4.69) is 11.9 Å². The summed E-state index contributed by atoms with van der Waals surface area (Å²) in [5, 5.41) is 26.8. The van der Waals surface area contributed by atoms with E-state index >= 15 is 0 Å². The Morgan fingerprint density at radius 1 is 1.00 bits per heavy atom. The van der Waals surface area contributed by atoms with Crippen molar-refractivity contribution < 1.29 is 57.9 Å². The minimum atomic E-state index is -2.52. The van der Waals surface area contributed by atoms with Gasteiger partial charge in [0, 0.05) is 51.9 Å². The van der Waals surface area contributed by atoms with E-state index < -0.39 is 77.8 Å². The molecule has 14 atom stereocenters. The summed E-state index contributed by atoms with van der Waals surface area (Å²) in [6.07, 6.45) is 6.02. The van der Waals surface area contributed by atoms with Crippen LogP contribution in [0.3, 0.4) is 0 Å². The maximum Gasteiger partial charge on any atom is 0.329 e. The molecule has 14 heteroatoms. The molecule has 1 saturated carbocycles. The first-order valence-electron chi connectivity index (χ1n) is 22.5. The Labute approximate surface area is 363 Å². The quantitative estimate of drug-likeness (QED) is 0.157. The Morgan fingerprint density at radius 2 is 1.69 bits per heavy atom. The third-order valence-corrected chi connectivity index (χ3v) is 13.4. The summed E-state index contributed by atoms with van der Waals surface area (Å²) >= 11 is 0. The van der Waals surface area contributed by atoms with Crippen LogP contribution in [0.4, 0.5) is 0 Å². The number of piperidine rings is 1. The lowest BCUT2D eigenvalue weighted by Crippen LogP contribution is -2.64. The van der Waals surface area contributed by atoms with Gasteiger partial charge >= 0.3 is 5.97 Å². The second kappa shape index (κ2) is 22.9. The number of methoxy groups -OCH3 is 2. The van der Waals surface area contributed by atoms with Crippen LogP contribution in [0, 0.1) is 29.6 Å². The summed E-state index contributed by atoms with van der Waals surface area (Å²) in [5.74, 6) is -7.79. The van der Waals surface area contributed by atoms with E-state index in [4.69, 9.17) is 23.7 Å². The molecule has 3 fully saturated rings. The first kappa shape index (κ1) is 50.4. The van der Waals surface area contributed by atoms with Crippen LogP contribution in [-0.2, 0) is 47.7 Å². The van der Waals surface area contributed by atoms with Gasteiger partial charge in [0.05, 0.1) is 37.1 Å². The highest BCUT2D eigenvalue weighted by atomic mass is 16.7. The second-order valence-electron chi connectivity index (χ2n) is 18.3. The van der Waals surface area contributed by atoms with Crippen molar-refractivity contribution in [3.8, 4) is 0 Å². The van der Waals surface area contributed by atoms with Gasteiger partial charge in [-0.1, -0.05) is 51.5 Å². The van der Waals surface area contributed by atoms with Crippen LogP contribution >= 0.6 is 0 Å². The number of esters is 1. The van der Waals surface area contributed by atoms with E-state index in [9.17, 15) is 34.2 Å². The largest absolute Gasteiger partial charge is 0.456 e. The minimum absolute atomic E-state index is 0.0245. The third-order valence-electron chi connectivity index (χ3n) is 13.4. The lowest BCUT2D eigenvalue weighted by Gasteiger charge is -2.47. The third kappa shape index (κ3) is 12.7. The molecule has 2 saturated heterocycles. The van der Waals surface area contributed by atoms with E-state index in [0.717, 1.165) is 5.57 Å². The normalized spacial score (nSPS) is 38.9. The summed E-state index contributed by atoms with van der Waals surface area (Å²) in [5.41, 5.74) is 1.64. The van der Waals surface area contributed by atoms with Crippen LogP contribution in [0.1, 0.15) is 119 Å². The number of ether oxygens (including phenoxy) is 5. The maximum atomic E-state index is 14.4. The van der Waals surface area contributed by atoms with Gasteiger partial charge in [-0.05, 0) is 95.5 Å². The molecular weight excluding hydrogens is 785 g/mol. The second-order valence-corrected chi connectivity index (χ2v) is 18.3. The molecule has 3 heterocycles. The number of aliphatic hydroxyl groups excluding tert-OH is 1. The van der Waals surface area contributed by atoms with Crippen LogP contribution in [-0.4, -0.2) is 126 Å². The SMILES string of the molecule is C=CCOC1CC(C=C(C)C2OC(=O)C3CCCCN3C(=O)C(=O)C3(O)OC(C(OC)CC(C)C/C(C)=C/C(CC)C(=O)CC(O)C2C)C(OC)CC3C)CCC1NC(C)=O. The Balaban J connectivity index is 1.76. The van der Waals surface area contributed by atoms with Crippen LogP contribution in [0.15, 0.2) is 36.0 Å². The summed E-state index contributed by atoms with van der Waals surface area (Å²) in [6.45, 7) is 16.8. The number of cyclic esters (lactones) is 1. The highest BCUT2D eigenvalue weighted by molar-refractivity contribution is 6.39. The molecule has 1 aliphatic carbocycles. The first-order chi connectivity index (χ1) is 28.9. The summed E-state index contributed by atoms with van der Waals surface area (Å²) < 4.78 is 30.4. The molecule has 0 spiro atoms. The maximum absolute atomic E-state index is 14.4. The van der Waals surface area contributed by atoms with E-state index in [0.29, 0.717) is 63.5 Å². The van der Waals surface area contributed by atoms with Gasteiger partial charge in [-0.15, -0.1) is 6.58 Å². The number of hydrogen-bond donors (Lipinski definition) is 3. The molecular formula is C47H74N2O12. The first-order valence-corrected chi connectivity index (χ1v) is 22.5. The Bertz CT molecular complexity index is 1610. The van der Waals surface area contributed by atoms with Gasteiger partial charge in [0.2, 0.25) is 11.7 Å². The van der Waals surface area contributed by atoms with Crippen LogP contribution in [0.25, 0.3) is 0 Å². The number of nitrogens with one attached hydrogen (secondary N) is 1. The van der Waals surface area contributed by atoms with Gasteiger partial charge in [-0.3, -0.25) is 19.2 Å². The van der Waals surface area contributed by atoms with Crippen molar-refractivity contribution in [1.82, 2.24) is 10.2 Å². The lowest BCUT2D eigenvalue weighted by atomic mass is 9.80. The number of aliphatic hydroxyl groups is 2. The molecule has 2 amide bonds. The van der Waals surface area contributed by atoms with Gasteiger partial charge in [-0.25, -0.2) is 4.79 Å². The molecule has 3 aliphatic heterocycles. The monoisotopic (exact) mass is 859 g/mol. The number of ketones is 2. The minimum Gasteiger partial charge on any atom is -0.456 e. The van der Waals surface area contributed by atoms with Crippen molar-refractivity contribution in [3.63, 3.8) is 0 Å². The summed E-state index contributed by atoms with van der Waals surface area (Å²) in [7, 11) is 3.06. The predicted molar refractivity (Wildman–Crippen MR) is 229 cm³/mol. The Kier molecular flexibility index (Phi) is 18.9. The average Bonchev–Trinajstić information content (AvgIpc) is 3.23. The fourth-order valence-corrected chi connectivity index (χ4v) is 9.96. The van der Waals surface area contributed by atoms with Crippen molar-refractivity contribution in [2.75, 3.05) is 27.4 Å². The highest BCUT2D eigenvalue weighted by Gasteiger charge is 2.56. The molecule has 2 bridgehead atoms. The van der Waals surface area contributed by atoms with Crippen molar-refractivity contribution in [2.45, 2.75) is 174 Å². The Hall–Kier alpha value is -3.27. The predicted octanol–water partition coefficient (Wildman–Crippen LogP) is 5.17. The van der Waals surface area contributed by atoms with Crippen molar-refractivity contribution in [2.24, 2.45) is 29.6 Å². The molecule has 4 aliphatic rings. The molecule has 0 aromatic rings. The van der Waals surface area contributed by atoms with E-state index in [-0.39, 0.29) is 61.5 Å². The van der Waals surface area contributed by atoms with E-state index in [1.54, 1.807) is 19.9 Å². The fourth-order valence-electron chi connectivity index (χ4n) is 9.96. The lowest BCUT2D eigenvalue weighted by molar-refractivity contribution is -0.302. The van der Waals surface area contributed by atoms with Crippen LogP contribution in [0.2, 0.25) is 0 Å². The summed E-state index contributed by atoms with van der Waals surface area (Å²) in [4.78, 5) is 70.1. The number of amides is 2. The topological polar surface area (TPSA) is 187 Å². The van der Waals surface area contributed by atoms with Crippen molar-refractivity contribution in [1.29, 1.82) is 0 Å². The molecule has 0 aromatic carbocycles. The van der Waals surface area contributed by atoms with Gasteiger partial charge < -0.3 is 44.1 Å². The van der Waals surface area contributed by atoms with Gasteiger partial charge in [0.25, 0.3) is 11.7 Å². The van der Waals surface area contributed by atoms with Crippen molar-refractivity contribution >= 4 is 29.4 Å². The molecule has 0 radical (unpaired) electrons. The van der Waals surface area contributed by atoms with Crippen LogP contribution < -0.4 is 5.32 Å². The zero-order valence-corrected chi connectivity index (χ0v) is 38.1.